The predicted molar refractivity (Wildman–Crippen MR) is 100 cm³/mol. The average molecular weight is 386 g/mol. The summed E-state index contributed by atoms with van der Waals surface area (Å²) in [7, 11) is 0. The van der Waals surface area contributed by atoms with Gasteiger partial charge in [0.2, 0.25) is 24.5 Å². The van der Waals surface area contributed by atoms with Gasteiger partial charge in [-0.15, -0.1) is 0 Å². The van der Waals surface area contributed by atoms with Crippen molar-refractivity contribution in [1.29, 1.82) is 0 Å². The van der Waals surface area contributed by atoms with E-state index in [1.165, 1.54) is 4.90 Å². The fourth-order valence-corrected chi connectivity index (χ4v) is 4.45. The number of fused-ring (bicyclic) bond motifs is 2. The largest absolute Gasteiger partial charge is 0.454 e. The molecule has 3 amide bonds. The summed E-state index contributed by atoms with van der Waals surface area (Å²) in [5.74, 6) is 0.861. The first-order valence-corrected chi connectivity index (χ1v) is 10.1. The Morgan fingerprint density at radius 2 is 1.79 bits per heavy atom. The lowest BCUT2D eigenvalue weighted by atomic mass is 9.81. The molecule has 7 nitrogen and oxygen atoms in total. The normalized spacial score (nSPS) is 23.1. The minimum atomic E-state index is -0.160. The first kappa shape index (κ1) is 18.8. The standard InChI is InChI=1S/C21H26N2O5/c1-2-22(12-14-7-8-17-18(11-14)28-13-27-17)19(24)9-10-23-20(25)15-5-3-4-6-16(15)21(23)26/h7-8,11,15-16H,2-6,9-10,12-13H2,1H3/t15-,16-/m0/s1. The summed E-state index contributed by atoms with van der Waals surface area (Å²) in [5.41, 5.74) is 0.957. The van der Waals surface area contributed by atoms with Gasteiger partial charge in [-0.25, -0.2) is 0 Å². The molecule has 2 aliphatic heterocycles. The zero-order valence-electron chi connectivity index (χ0n) is 16.2. The Morgan fingerprint density at radius 1 is 1.11 bits per heavy atom. The molecule has 0 radical (unpaired) electrons. The van der Waals surface area contributed by atoms with E-state index in [0.29, 0.717) is 24.6 Å². The number of likely N-dealkylation sites (tertiary alicyclic amines) is 1. The fourth-order valence-electron chi connectivity index (χ4n) is 4.45. The first-order valence-electron chi connectivity index (χ1n) is 10.1. The van der Waals surface area contributed by atoms with E-state index >= 15 is 0 Å². The van der Waals surface area contributed by atoms with Crippen molar-refractivity contribution in [2.45, 2.75) is 45.6 Å². The molecule has 1 aliphatic carbocycles. The van der Waals surface area contributed by atoms with E-state index in [1.54, 1.807) is 4.90 Å². The van der Waals surface area contributed by atoms with Gasteiger partial charge in [0.05, 0.1) is 11.8 Å². The number of benzene rings is 1. The lowest BCUT2D eigenvalue weighted by Gasteiger charge is -2.22. The Balaban J connectivity index is 1.35. The molecular weight excluding hydrogens is 360 g/mol. The summed E-state index contributed by atoms with van der Waals surface area (Å²) in [4.78, 5) is 40.9. The fraction of sp³-hybridized carbons (Fsp3) is 0.571. The molecule has 1 aromatic carbocycles. The molecule has 4 rings (SSSR count). The van der Waals surface area contributed by atoms with Crippen LogP contribution in [0.3, 0.4) is 0 Å². The highest BCUT2D eigenvalue weighted by atomic mass is 16.7. The molecule has 7 heteroatoms. The molecule has 0 unspecified atom stereocenters. The Hall–Kier alpha value is -2.57. The molecule has 0 spiro atoms. The third-order valence-electron chi connectivity index (χ3n) is 6.03. The van der Waals surface area contributed by atoms with Crippen molar-refractivity contribution in [3.63, 3.8) is 0 Å². The Labute approximate surface area is 164 Å². The number of hydrogen-bond donors (Lipinski definition) is 0. The molecule has 2 heterocycles. The number of ether oxygens (including phenoxy) is 2. The van der Waals surface area contributed by atoms with Crippen LogP contribution in [-0.2, 0) is 20.9 Å². The van der Waals surface area contributed by atoms with Crippen molar-refractivity contribution >= 4 is 17.7 Å². The maximum Gasteiger partial charge on any atom is 0.233 e. The summed E-state index contributed by atoms with van der Waals surface area (Å²) in [6, 6.07) is 5.65. The van der Waals surface area contributed by atoms with Crippen molar-refractivity contribution in [3.8, 4) is 11.5 Å². The van der Waals surface area contributed by atoms with Crippen LogP contribution in [0.5, 0.6) is 11.5 Å². The van der Waals surface area contributed by atoms with Crippen molar-refractivity contribution in [2.24, 2.45) is 11.8 Å². The van der Waals surface area contributed by atoms with Crippen molar-refractivity contribution < 1.29 is 23.9 Å². The molecule has 2 atom stereocenters. The van der Waals surface area contributed by atoms with Gasteiger partial charge in [0.15, 0.2) is 11.5 Å². The zero-order valence-corrected chi connectivity index (χ0v) is 16.2. The van der Waals surface area contributed by atoms with E-state index in [4.69, 9.17) is 9.47 Å². The number of nitrogens with zero attached hydrogens (tertiary/aromatic N) is 2. The Bertz CT molecular complexity index is 769. The molecule has 0 bridgehead atoms. The highest BCUT2D eigenvalue weighted by molar-refractivity contribution is 6.05. The molecule has 150 valence electrons. The minimum absolute atomic E-state index is 0.0596. The van der Waals surface area contributed by atoms with Gasteiger partial charge >= 0.3 is 0 Å². The van der Waals surface area contributed by atoms with Gasteiger partial charge in [-0.2, -0.15) is 0 Å². The van der Waals surface area contributed by atoms with E-state index in [9.17, 15) is 14.4 Å². The summed E-state index contributed by atoms with van der Waals surface area (Å²) in [5, 5.41) is 0. The van der Waals surface area contributed by atoms with E-state index in [-0.39, 0.29) is 49.3 Å². The van der Waals surface area contributed by atoms with Crippen molar-refractivity contribution in [3.05, 3.63) is 23.8 Å². The van der Waals surface area contributed by atoms with Crippen LogP contribution < -0.4 is 9.47 Å². The second-order valence-electron chi connectivity index (χ2n) is 7.67. The molecule has 28 heavy (non-hydrogen) atoms. The second kappa shape index (κ2) is 7.81. The Morgan fingerprint density at radius 3 is 2.46 bits per heavy atom. The highest BCUT2D eigenvalue weighted by Crippen LogP contribution is 2.38. The van der Waals surface area contributed by atoms with Crippen LogP contribution in [0.15, 0.2) is 18.2 Å². The predicted octanol–water partition coefficient (Wildman–Crippen LogP) is 2.33. The smallest absolute Gasteiger partial charge is 0.233 e. The maximum atomic E-state index is 12.7. The lowest BCUT2D eigenvalue weighted by molar-refractivity contribution is -0.141. The van der Waals surface area contributed by atoms with Gasteiger partial charge in [-0.05, 0) is 37.5 Å². The minimum Gasteiger partial charge on any atom is -0.454 e. The quantitative estimate of drug-likeness (QED) is 0.702. The van der Waals surface area contributed by atoms with Crippen molar-refractivity contribution in [1.82, 2.24) is 9.80 Å². The third-order valence-corrected chi connectivity index (χ3v) is 6.03. The van der Waals surface area contributed by atoms with Gasteiger partial charge in [0.1, 0.15) is 0 Å². The molecule has 1 saturated carbocycles. The van der Waals surface area contributed by atoms with Gasteiger partial charge in [-0.3, -0.25) is 19.3 Å². The topological polar surface area (TPSA) is 76.2 Å². The maximum absolute atomic E-state index is 12.7. The van der Waals surface area contributed by atoms with Gasteiger partial charge in [0, 0.05) is 26.1 Å². The van der Waals surface area contributed by atoms with E-state index in [1.807, 2.05) is 25.1 Å². The molecule has 1 saturated heterocycles. The summed E-state index contributed by atoms with van der Waals surface area (Å²) in [6.45, 7) is 3.33. The van der Waals surface area contributed by atoms with Crippen LogP contribution in [0.25, 0.3) is 0 Å². The number of rotatable bonds is 6. The second-order valence-corrected chi connectivity index (χ2v) is 7.67. The zero-order chi connectivity index (χ0) is 19.7. The summed E-state index contributed by atoms with van der Waals surface area (Å²) >= 11 is 0. The number of carbonyl (C=O) groups is 3. The summed E-state index contributed by atoms with van der Waals surface area (Å²) < 4.78 is 10.7. The van der Waals surface area contributed by atoms with Crippen LogP contribution >= 0.6 is 0 Å². The summed E-state index contributed by atoms with van der Waals surface area (Å²) in [6.07, 6.45) is 3.77. The van der Waals surface area contributed by atoms with Crippen LogP contribution in [0.2, 0.25) is 0 Å². The molecule has 3 aliphatic rings. The first-order chi connectivity index (χ1) is 13.6. The van der Waals surface area contributed by atoms with E-state index in [0.717, 1.165) is 31.2 Å². The Kier molecular flexibility index (Phi) is 5.24. The monoisotopic (exact) mass is 386 g/mol. The van der Waals surface area contributed by atoms with E-state index in [2.05, 4.69) is 0 Å². The van der Waals surface area contributed by atoms with Crippen LogP contribution in [-0.4, -0.2) is 47.4 Å². The molecule has 2 fully saturated rings. The van der Waals surface area contributed by atoms with Crippen LogP contribution in [0, 0.1) is 11.8 Å². The lowest BCUT2D eigenvalue weighted by Crippen LogP contribution is -2.37. The molecule has 0 N–H and O–H groups in total. The highest BCUT2D eigenvalue weighted by Gasteiger charge is 2.47. The number of carbonyl (C=O) groups excluding carboxylic acids is 3. The van der Waals surface area contributed by atoms with Crippen LogP contribution in [0.4, 0.5) is 0 Å². The third kappa shape index (κ3) is 3.45. The molecule has 0 aromatic heterocycles. The van der Waals surface area contributed by atoms with Crippen LogP contribution in [0.1, 0.15) is 44.6 Å². The van der Waals surface area contributed by atoms with Gasteiger partial charge in [0.25, 0.3) is 0 Å². The SMILES string of the molecule is CCN(Cc1ccc2c(c1)OCO2)C(=O)CCN1C(=O)[C@H]2CCCC[C@@H]2C1=O. The average Bonchev–Trinajstić information content (AvgIpc) is 3.27. The van der Waals surface area contributed by atoms with Crippen molar-refractivity contribution in [2.75, 3.05) is 19.9 Å². The molecule has 1 aromatic rings. The molecular formula is C21H26N2O5. The van der Waals surface area contributed by atoms with E-state index < -0.39 is 0 Å². The number of hydrogen-bond acceptors (Lipinski definition) is 5. The number of imide groups is 1. The van der Waals surface area contributed by atoms with Gasteiger partial charge < -0.3 is 14.4 Å². The van der Waals surface area contributed by atoms with Gasteiger partial charge in [-0.1, -0.05) is 18.9 Å². The number of amides is 3.